The van der Waals surface area contributed by atoms with Gasteiger partial charge in [0.25, 0.3) is 0 Å². The third-order valence-electron chi connectivity index (χ3n) is 4.42. The first-order valence-electron chi connectivity index (χ1n) is 8.54. The number of aryl methyl sites for hydroxylation is 1. The molecule has 134 valence electrons. The second-order valence-corrected chi connectivity index (χ2v) is 6.41. The number of carboxylic acids is 1. The third-order valence-corrected chi connectivity index (χ3v) is 4.42. The first-order chi connectivity index (χ1) is 12.5. The molecule has 5 nitrogen and oxygen atoms in total. The van der Waals surface area contributed by atoms with Crippen molar-refractivity contribution in [2.75, 3.05) is 5.32 Å². The summed E-state index contributed by atoms with van der Waals surface area (Å²) in [6, 6.07) is 14.7. The molecule has 0 aromatic heterocycles. The molecular formula is C21H20NO4-. The van der Waals surface area contributed by atoms with Gasteiger partial charge in [-0.15, -0.1) is 0 Å². The van der Waals surface area contributed by atoms with Crippen molar-refractivity contribution in [2.24, 2.45) is 11.8 Å². The van der Waals surface area contributed by atoms with Crippen molar-refractivity contribution < 1.29 is 19.4 Å². The van der Waals surface area contributed by atoms with Crippen molar-refractivity contribution in [2.45, 2.75) is 19.8 Å². The second kappa shape index (κ2) is 7.87. The third kappa shape index (κ3) is 4.30. The molecule has 2 aromatic carbocycles. The van der Waals surface area contributed by atoms with Crippen LogP contribution >= 0.6 is 0 Å². The van der Waals surface area contributed by atoms with Crippen molar-refractivity contribution >= 4 is 17.6 Å². The lowest BCUT2D eigenvalue weighted by Gasteiger charge is -2.28. The number of carbonyl (C=O) groups is 2. The van der Waals surface area contributed by atoms with Crippen LogP contribution in [0.4, 0.5) is 5.69 Å². The first kappa shape index (κ1) is 17.7. The van der Waals surface area contributed by atoms with E-state index in [2.05, 4.69) is 5.32 Å². The number of amides is 1. The molecular weight excluding hydrogens is 330 g/mol. The Kier molecular flexibility index (Phi) is 5.37. The Bertz CT molecular complexity index is 826. The van der Waals surface area contributed by atoms with Crippen LogP contribution in [0.25, 0.3) is 0 Å². The highest BCUT2D eigenvalue weighted by atomic mass is 16.5. The standard InChI is InChI=1S/C21H21NO4/c1-14-5-4-6-17(13-14)26-16-11-9-15(10-12-16)22-20(23)18-7-2-3-8-19(18)21(24)25/h2-6,9-13,18-19H,7-8H2,1H3,(H,22,23)(H,24,25)/p-1/t18-,19+/m0/s1. The van der Waals surface area contributed by atoms with E-state index in [1.165, 1.54) is 0 Å². The van der Waals surface area contributed by atoms with Gasteiger partial charge in [-0.3, -0.25) is 4.79 Å². The molecule has 1 N–H and O–H groups in total. The molecule has 0 spiro atoms. The van der Waals surface area contributed by atoms with E-state index < -0.39 is 17.8 Å². The molecule has 26 heavy (non-hydrogen) atoms. The van der Waals surface area contributed by atoms with Crippen LogP contribution < -0.4 is 15.2 Å². The number of nitrogens with one attached hydrogen (secondary N) is 1. The molecule has 0 radical (unpaired) electrons. The van der Waals surface area contributed by atoms with E-state index in [4.69, 9.17) is 4.74 Å². The van der Waals surface area contributed by atoms with Gasteiger partial charge in [0.1, 0.15) is 11.5 Å². The second-order valence-electron chi connectivity index (χ2n) is 6.41. The summed E-state index contributed by atoms with van der Waals surface area (Å²) in [5.74, 6) is -1.50. The number of hydrogen-bond acceptors (Lipinski definition) is 4. The molecule has 0 saturated heterocycles. The van der Waals surface area contributed by atoms with Crippen molar-refractivity contribution in [3.8, 4) is 11.5 Å². The summed E-state index contributed by atoms with van der Waals surface area (Å²) in [4.78, 5) is 23.7. The summed E-state index contributed by atoms with van der Waals surface area (Å²) in [7, 11) is 0. The molecule has 0 unspecified atom stereocenters. The number of aliphatic carboxylic acids is 1. The smallest absolute Gasteiger partial charge is 0.228 e. The molecule has 5 heteroatoms. The Hall–Kier alpha value is -3.08. The number of carbonyl (C=O) groups excluding carboxylic acids is 2. The van der Waals surface area contributed by atoms with Gasteiger partial charge in [-0.25, -0.2) is 0 Å². The molecule has 1 aliphatic rings. The van der Waals surface area contributed by atoms with E-state index in [0.29, 0.717) is 24.3 Å². The summed E-state index contributed by atoms with van der Waals surface area (Å²) in [6.07, 6.45) is 4.34. The minimum atomic E-state index is -1.18. The first-order valence-corrected chi connectivity index (χ1v) is 8.54. The lowest BCUT2D eigenvalue weighted by molar-refractivity contribution is -0.313. The van der Waals surface area contributed by atoms with Crippen molar-refractivity contribution in [1.82, 2.24) is 0 Å². The van der Waals surface area contributed by atoms with Crippen LogP contribution in [-0.4, -0.2) is 11.9 Å². The number of carboxylic acid groups (broad SMARTS) is 1. The average molecular weight is 350 g/mol. The highest BCUT2D eigenvalue weighted by molar-refractivity contribution is 5.95. The molecule has 0 heterocycles. The molecule has 0 aliphatic heterocycles. The maximum atomic E-state index is 12.4. The largest absolute Gasteiger partial charge is 0.550 e. The Morgan fingerprint density at radius 1 is 1.00 bits per heavy atom. The lowest BCUT2D eigenvalue weighted by Crippen LogP contribution is -2.41. The van der Waals surface area contributed by atoms with E-state index in [1.54, 1.807) is 30.3 Å². The molecule has 3 rings (SSSR count). The van der Waals surface area contributed by atoms with Gasteiger partial charge in [0.05, 0.1) is 5.92 Å². The number of anilines is 1. The molecule has 0 bridgehead atoms. The molecule has 1 aliphatic carbocycles. The van der Waals surface area contributed by atoms with Crippen molar-refractivity contribution in [1.29, 1.82) is 0 Å². The fourth-order valence-electron chi connectivity index (χ4n) is 3.02. The number of hydrogen-bond donors (Lipinski definition) is 1. The average Bonchev–Trinajstić information content (AvgIpc) is 2.63. The zero-order valence-corrected chi connectivity index (χ0v) is 14.5. The molecule has 0 fully saturated rings. The van der Waals surface area contributed by atoms with Crippen LogP contribution in [-0.2, 0) is 9.59 Å². The van der Waals surface area contributed by atoms with Crippen molar-refractivity contribution in [3.63, 3.8) is 0 Å². The van der Waals surface area contributed by atoms with Crippen LogP contribution in [0.2, 0.25) is 0 Å². The van der Waals surface area contributed by atoms with Crippen LogP contribution in [0.1, 0.15) is 18.4 Å². The predicted molar refractivity (Wildman–Crippen MR) is 96.7 cm³/mol. The fourth-order valence-corrected chi connectivity index (χ4v) is 3.02. The molecule has 2 atom stereocenters. The zero-order valence-electron chi connectivity index (χ0n) is 14.5. The summed E-state index contributed by atoms with van der Waals surface area (Å²) in [5, 5.41) is 14.0. The van der Waals surface area contributed by atoms with E-state index in [9.17, 15) is 14.7 Å². The van der Waals surface area contributed by atoms with Gasteiger partial charge in [-0.05, 0) is 61.7 Å². The van der Waals surface area contributed by atoms with Crippen LogP contribution in [0.15, 0.2) is 60.7 Å². The summed E-state index contributed by atoms with van der Waals surface area (Å²) in [6.45, 7) is 1.99. The van der Waals surface area contributed by atoms with Gasteiger partial charge in [-0.2, -0.15) is 0 Å². The Morgan fingerprint density at radius 2 is 1.69 bits per heavy atom. The van der Waals surface area contributed by atoms with Gasteiger partial charge >= 0.3 is 0 Å². The van der Waals surface area contributed by atoms with Gasteiger partial charge < -0.3 is 20.0 Å². The van der Waals surface area contributed by atoms with Gasteiger partial charge in [-0.1, -0.05) is 24.3 Å². The minimum absolute atomic E-state index is 0.309. The molecule has 2 aromatic rings. The molecule has 1 amide bonds. The normalized spacial score (nSPS) is 19.0. The van der Waals surface area contributed by atoms with Gasteiger partial charge in [0.15, 0.2) is 0 Å². The van der Waals surface area contributed by atoms with E-state index in [-0.39, 0.29) is 5.91 Å². The zero-order chi connectivity index (χ0) is 18.5. The van der Waals surface area contributed by atoms with E-state index in [0.717, 1.165) is 11.3 Å². The number of allylic oxidation sites excluding steroid dienone is 2. The highest BCUT2D eigenvalue weighted by Crippen LogP contribution is 2.28. The Morgan fingerprint density at radius 3 is 2.35 bits per heavy atom. The number of benzene rings is 2. The molecule has 0 saturated carbocycles. The van der Waals surface area contributed by atoms with Crippen molar-refractivity contribution in [3.05, 3.63) is 66.2 Å². The Balaban J connectivity index is 1.64. The van der Waals surface area contributed by atoms with Gasteiger partial charge in [0.2, 0.25) is 5.91 Å². The lowest BCUT2D eigenvalue weighted by atomic mass is 9.82. The quantitative estimate of drug-likeness (QED) is 0.841. The monoisotopic (exact) mass is 350 g/mol. The number of rotatable bonds is 5. The summed E-state index contributed by atoms with van der Waals surface area (Å²) < 4.78 is 5.78. The van der Waals surface area contributed by atoms with Crippen LogP contribution in [0, 0.1) is 18.8 Å². The topological polar surface area (TPSA) is 78.5 Å². The fraction of sp³-hybridized carbons (Fsp3) is 0.238. The maximum Gasteiger partial charge on any atom is 0.228 e. The van der Waals surface area contributed by atoms with Crippen LogP contribution in [0.3, 0.4) is 0 Å². The summed E-state index contributed by atoms with van der Waals surface area (Å²) in [5.41, 5.74) is 1.70. The van der Waals surface area contributed by atoms with E-state index >= 15 is 0 Å². The summed E-state index contributed by atoms with van der Waals surface area (Å²) >= 11 is 0. The Labute approximate surface area is 152 Å². The predicted octanol–water partition coefficient (Wildman–Crippen LogP) is 3.06. The van der Waals surface area contributed by atoms with E-state index in [1.807, 2.05) is 37.3 Å². The SMILES string of the molecule is Cc1cccc(Oc2ccc(NC(=O)[C@H]3CC=CC[C@H]3C(=O)[O-])cc2)c1. The van der Waals surface area contributed by atoms with Crippen LogP contribution in [0.5, 0.6) is 11.5 Å². The van der Waals surface area contributed by atoms with Gasteiger partial charge in [0, 0.05) is 17.6 Å². The number of ether oxygens (including phenoxy) is 1. The maximum absolute atomic E-state index is 12.4. The minimum Gasteiger partial charge on any atom is -0.550 e. The highest BCUT2D eigenvalue weighted by Gasteiger charge is 2.29.